The van der Waals surface area contributed by atoms with Crippen molar-refractivity contribution in [3.05, 3.63) is 42.0 Å². The molecule has 0 fully saturated rings. The summed E-state index contributed by atoms with van der Waals surface area (Å²) in [5, 5.41) is 12.1. The molecular weight excluding hydrogens is 286 g/mol. The second-order valence-corrected chi connectivity index (χ2v) is 5.65. The van der Waals surface area contributed by atoms with Gasteiger partial charge in [0.05, 0.1) is 17.9 Å². The molecule has 2 rings (SSSR count). The van der Waals surface area contributed by atoms with E-state index in [4.69, 9.17) is 5.11 Å². The van der Waals surface area contributed by atoms with E-state index in [0.717, 1.165) is 6.39 Å². The van der Waals surface area contributed by atoms with E-state index in [1.165, 1.54) is 24.3 Å². The van der Waals surface area contributed by atoms with E-state index < -0.39 is 16.0 Å². The van der Waals surface area contributed by atoms with Gasteiger partial charge in [0.1, 0.15) is 0 Å². The van der Waals surface area contributed by atoms with Crippen molar-refractivity contribution >= 4 is 16.0 Å². The third-order valence-electron chi connectivity index (χ3n) is 2.42. The third-order valence-corrected chi connectivity index (χ3v) is 3.83. The molecule has 0 saturated heterocycles. The summed E-state index contributed by atoms with van der Waals surface area (Å²) >= 11 is 0. The Kier molecular flexibility index (Phi) is 4.11. The molecule has 0 saturated carbocycles. The molecule has 0 atom stereocenters. The predicted octanol–water partition coefficient (Wildman–Crippen LogP) is 0.175. The first kappa shape index (κ1) is 14.2. The van der Waals surface area contributed by atoms with E-state index in [2.05, 4.69) is 19.4 Å². The monoisotopic (exact) mass is 297 g/mol. The zero-order valence-electron chi connectivity index (χ0n) is 10.2. The van der Waals surface area contributed by atoms with Crippen molar-refractivity contribution in [2.24, 2.45) is 0 Å². The lowest BCUT2D eigenvalue weighted by atomic mass is 10.2. The summed E-state index contributed by atoms with van der Waals surface area (Å²) in [4.78, 5) is 14.3. The van der Waals surface area contributed by atoms with Crippen molar-refractivity contribution in [2.45, 2.75) is 17.9 Å². The SMILES string of the molecule is O=C(O)Cc1ccc(S(=O)(=O)NCc2ncon2)cc1. The molecule has 0 unspecified atom stereocenters. The first-order chi connectivity index (χ1) is 9.47. The molecule has 1 heterocycles. The second-order valence-electron chi connectivity index (χ2n) is 3.89. The maximum Gasteiger partial charge on any atom is 0.307 e. The largest absolute Gasteiger partial charge is 0.481 e. The number of sulfonamides is 1. The molecule has 2 N–H and O–H groups in total. The van der Waals surface area contributed by atoms with Gasteiger partial charge in [-0.25, -0.2) is 13.1 Å². The molecule has 20 heavy (non-hydrogen) atoms. The summed E-state index contributed by atoms with van der Waals surface area (Å²) in [6, 6.07) is 5.60. The number of nitrogens with zero attached hydrogens (tertiary/aromatic N) is 2. The van der Waals surface area contributed by atoms with Crippen molar-refractivity contribution < 1.29 is 22.8 Å². The average molecular weight is 297 g/mol. The minimum Gasteiger partial charge on any atom is -0.481 e. The van der Waals surface area contributed by atoms with Crippen LogP contribution in [0.4, 0.5) is 0 Å². The van der Waals surface area contributed by atoms with Gasteiger partial charge in [-0.2, -0.15) is 4.98 Å². The van der Waals surface area contributed by atoms with Gasteiger partial charge in [0.15, 0.2) is 5.82 Å². The number of benzene rings is 1. The van der Waals surface area contributed by atoms with Gasteiger partial charge in [-0.1, -0.05) is 17.3 Å². The summed E-state index contributed by atoms with van der Waals surface area (Å²) in [7, 11) is -3.70. The Morgan fingerprint density at radius 3 is 2.55 bits per heavy atom. The Hall–Kier alpha value is -2.26. The summed E-state index contributed by atoms with van der Waals surface area (Å²) in [5.74, 6) is -0.757. The normalized spacial score (nSPS) is 11.4. The van der Waals surface area contributed by atoms with Crippen LogP contribution < -0.4 is 4.72 Å². The van der Waals surface area contributed by atoms with Crippen molar-refractivity contribution in [1.29, 1.82) is 0 Å². The number of aliphatic carboxylic acids is 1. The van der Waals surface area contributed by atoms with Crippen LogP contribution in [0, 0.1) is 0 Å². The fraction of sp³-hybridized carbons (Fsp3) is 0.182. The molecule has 0 bridgehead atoms. The molecule has 0 spiro atoms. The van der Waals surface area contributed by atoms with Crippen LogP contribution in [0.3, 0.4) is 0 Å². The molecular formula is C11H11N3O5S. The standard InChI is InChI=1S/C11H11N3O5S/c15-11(16)5-8-1-3-9(4-2-8)20(17,18)13-6-10-12-7-19-14-10/h1-4,7,13H,5-6H2,(H,15,16). The second kappa shape index (κ2) is 5.80. The van der Waals surface area contributed by atoms with E-state index in [1.54, 1.807) is 0 Å². The van der Waals surface area contributed by atoms with E-state index in [0.29, 0.717) is 5.56 Å². The number of hydrogen-bond acceptors (Lipinski definition) is 6. The summed E-state index contributed by atoms with van der Waals surface area (Å²) in [5.41, 5.74) is 0.523. The molecule has 0 aliphatic rings. The van der Waals surface area contributed by atoms with E-state index in [9.17, 15) is 13.2 Å². The molecule has 9 heteroatoms. The van der Waals surface area contributed by atoms with Gasteiger partial charge >= 0.3 is 5.97 Å². The lowest BCUT2D eigenvalue weighted by Crippen LogP contribution is -2.23. The number of rotatable bonds is 6. The van der Waals surface area contributed by atoms with E-state index in [-0.39, 0.29) is 23.7 Å². The minimum absolute atomic E-state index is 0.0372. The number of carbonyl (C=O) groups is 1. The van der Waals surface area contributed by atoms with Crippen LogP contribution in [0.1, 0.15) is 11.4 Å². The van der Waals surface area contributed by atoms with Crippen LogP contribution in [0.15, 0.2) is 40.1 Å². The fourth-order valence-corrected chi connectivity index (χ4v) is 2.45. The van der Waals surface area contributed by atoms with Crippen LogP contribution in [0.25, 0.3) is 0 Å². The first-order valence-electron chi connectivity index (χ1n) is 5.53. The summed E-state index contributed by atoms with van der Waals surface area (Å²) < 4.78 is 30.7. The molecule has 106 valence electrons. The zero-order valence-corrected chi connectivity index (χ0v) is 11.0. The Labute approximate surface area is 114 Å². The number of carboxylic acids is 1. The average Bonchev–Trinajstić information content (AvgIpc) is 2.89. The lowest BCUT2D eigenvalue weighted by molar-refractivity contribution is -0.136. The van der Waals surface area contributed by atoms with Crippen LogP contribution in [0.2, 0.25) is 0 Å². The molecule has 0 aliphatic heterocycles. The number of hydrogen-bond donors (Lipinski definition) is 2. The Bertz CT molecular complexity index is 679. The van der Waals surface area contributed by atoms with Gasteiger partial charge < -0.3 is 9.63 Å². The molecule has 0 aliphatic carbocycles. The molecule has 1 aromatic heterocycles. The topological polar surface area (TPSA) is 122 Å². The van der Waals surface area contributed by atoms with Gasteiger partial charge in [-0.3, -0.25) is 4.79 Å². The molecule has 0 amide bonds. The van der Waals surface area contributed by atoms with Gasteiger partial charge in [0.2, 0.25) is 16.4 Å². The number of aromatic nitrogens is 2. The fourth-order valence-electron chi connectivity index (χ4n) is 1.47. The predicted molar refractivity (Wildman–Crippen MR) is 66.1 cm³/mol. The van der Waals surface area contributed by atoms with E-state index >= 15 is 0 Å². The zero-order chi connectivity index (χ0) is 14.6. The van der Waals surface area contributed by atoms with Crippen molar-refractivity contribution in [3.8, 4) is 0 Å². The van der Waals surface area contributed by atoms with Crippen molar-refractivity contribution in [1.82, 2.24) is 14.9 Å². The Balaban J connectivity index is 2.07. The van der Waals surface area contributed by atoms with Gasteiger partial charge in [0, 0.05) is 0 Å². The van der Waals surface area contributed by atoms with E-state index in [1.807, 2.05) is 0 Å². The van der Waals surface area contributed by atoms with Gasteiger partial charge in [0.25, 0.3) is 0 Å². The lowest BCUT2D eigenvalue weighted by Gasteiger charge is -2.05. The van der Waals surface area contributed by atoms with Crippen molar-refractivity contribution in [2.75, 3.05) is 0 Å². The maximum absolute atomic E-state index is 11.9. The van der Waals surface area contributed by atoms with Crippen molar-refractivity contribution in [3.63, 3.8) is 0 Å². The highest BCUT2D eigenvalue weighted by molar-refractivity contribution is 7.89. The van der Waals surface area contributed by atoms with Crippen LogP contribution in [0.5, 0.6) is 0 Å². The van der Waals surface area contributed by atoms with Gasteiger partial charge in [-0.15, -0.1) is 0 Å². The highest BCUT2D eigenvalue weighted by atomic mass is 32.2. The third kappa shape index (κ3) is 3.62. The molecule has 0 radical (unpaired) electrons. The molecule has 1 aromatic carbocycles. The highest BCUT2D eigenvalue weighted by Crippen LogP contribution is 2.11. The van der Waals surface area contributed by atoms with Crippen LogP contribution >= 0.6 is 0 Å². The minimum atomic E-state index is -3.70. The quantitative estimate of drug-likeness (QED) is 0.779. The first-order valence-corrected chi connectivity index (χ1v) is 7.01. The van der Waals surface area contributed by atoms with Crippen LogP contribution in [-0.4, -0.2) is 29.6 Å². The maximum atomic E-state index is 11.9. The summed E-state index contributed by atoms with van der Waals surface area (Å²) in [6.45, 7) is -0.0876. The van der Waals surface area contributed by atoms with Crippen LogP contribution in [-0.2, 0) is 27.8 Å². The molecule has 2 aromatic rings. The molecule has 8 nitrogen and oxygen atoms in total. The Morgan fingerprint density at radius 1 is 1.30 bits per heavy atom. The Morgan fingerprint density at radius 2 is 2.00 bits per heavy atom. The highest BCUT2D eigenvalue weighted by Gasteiger charge is 2.15. The van der Waals surface area contributed by atoms with Gasteiger partial charge in [-0.05, 0) is 17.7 Å². The number of nitrogens with one attached hydrogen (secondary N) is 1. The smallest absolute Gasteiger partial charge is 0.307 e. The summed E-state index contributed by atoms with van der Waals surface area (Å²) in [6.07, 6.45) is 0.945. The number of carboxylic acid groups (broad SMARTS) is 1.